The third-order valence-corrected chi connectivity index (χ3v) is 2.77. The Morgan fingerprint density at radius 3 is 2.82 bits per heavy atom. The predicted octanol–water partition coefficient (Wildman–Crippen LogP) is 1.94. The zero-order valence-electron chi connectivity index (χ0n) is 11.3. The van der Waals surface area contributed by atoms with Crippen molar-refractivity contribution < 1.29 is 0 Å². The van der Waals surface area contributed by atoms with Gasteiger partial charge in [0, 0.05) is 31.5 Å². The molecule has 0 aliphatic rings. The van der Waals surface area contributed by atoms with Crippen LogP contribution in [0.3, 0.4) is 0 Å². The first-order valence-corrected chi connectivity index (χ1v) is 6.49. The first-order chi connectivity index (χ1) is 8.18. The van der Waals surface area contributed by atoms with Crippen LogP contribution in [0.5, 0.6) is 0 Å². The Hall–Kier alpha value is -0.930. The quantitative estimate of drug-likeness (QED) is 0.746. The average Bonchev–Trinajstić information content (AvgIpc) is 2.30. The summed E-state index contributed by atoms with van der Waals surface area (Å²) in [5, 5.41) is 3.43. The van der Waals surface area contributed by atoms with E-state index in [0.717, 1.165) is 26.1 Å². The third-order valence-electron chi connectivity index (χ3n) is 2.77. The second-order valence-electron chi connectivity index (χ2n) is 4.88. The second kappa shape index (κ2) is 8.20. The van der Waals surface area contributed by atoms with Gasteiger partial charge in [0.1, 0.15) is 0 Å². The van der Waals surface area contributed by atoms with Gasteiger partial charge in [0.25, 0.3) is 0 Å². The van der Waals surface area contributed by atoms with Crippen molar-refractivity contribution in [2.45, 2.75) is 32.7 Å². The van der Waals surface area contributed by atoms with E-state index in [9.17, 15) is 0 Å². The zero-order valence-corrected chi connectivity index (χ0v) is 11.3. The summed E-state index contributed by atoms with van der Waals surface area (Å²) in [5.41, 5.74) is 1.33. The molecular weight excluding hydrogens is 210 g/mol. The largest absolute Gasteiger partial charge is 0.313 e. The van der Waals surface area contributed by atoms with Crippen molar-refractivity contribution in [1.82, 2.24) is 15.2 Å². The van der Waals surface area contributed by atoms with E-state index in [2.05, 4.69) is 42.2 Å². The van der Waals surface area contributed by atoms with Crippen LogP contribution < -0.4 is 5.32 Å². The molecule has 0 bridgehead atoms. The van der Waals surface area contributed by atoms with E-state index in [1.54, 1.807) is 0 Å². The topological polar surface area (TPSA) is 28.2 Å². The molecule has 0 aliphatic heterocycles. The lowest BCUT2D eigenvalue weighted by Crippen LogP contribution is -2.33. The molecule has 0 aromatic carbocycles. The van der Waals surface area contributed by atoms with Crippen molar-refractivity contribution in [3.63, 3.8) is 0 Å². The summed E-state index contributed by atoms with van der Waals surface area (Å²) in [6.07, 6.45) is 6.10. The smallest absolute Gasteiger partial charge is 0.0299 e. The van der Waals surface area contributed by atoms with E-state index in [1.165, 1.54) is 12.0 Å². The highest BCUT2D eigenvalue weighted by molar-refractivity contribution is 5.08. The molecule has 0 spiro atoms. The Kier molecular flexibility index (Phi) is 6.82. The van der Waals surface area contributed by atoms with Gasteiger partial charge in [-0.05, 0) is 38.1 Å². The Morgan fingerprint density at radius 2 is 2.18 bits per heavy atom. The standard InChI is InChI=1S/C14H25N3/c1-13(2)16-9-11-17(3)10-5-7-14-6-4-8-15-12-14/h4,6,8,12-13,16H,5,7,9-11H2,1-3H3. The predicted molar refractivity (Wildman–Crippen MR) is 73.2 cm³/mol. The fraction of sp³-hybridized carbons (Fsp3) is 0.643. The molecule has 0 saturated heterocycles. The van der Waals surface area contributed by atoms with Crippen molar-refractivity contribution in [1.29, 1.82) is 0 Å². The molecular formula is C14H25N3. The number of hydrogen-bond acceptors (Lipinski definition) is 3. The molecule has 0 atom stereocenters. The van der Waals surface area contributed by atoms with Gasteiger partial charge in [0.2, 0.25) is 0 Å². The lowest BCUT2D eigenvalue weighted by Gasteiger charge is -2.17. The fourth-order valence-corrected chi connectivity index (χ4v) is 1.75. The second-order valence-corrected chi connectivity index (χ2v) is 4.88. The molecule has 1 rings (SSSR count). The van der Waals surface area contributed by atoms with E-state index in [-0.39, 0.29) is 0 Å². The fourth-order valence-electron chi connectivity index (χ4n) is 1.75. The van der Waals surface area contributed by atoms with Crippen LogP contribution in [-0.2, 0) is 6.42 Å². The molecule has 1 aromatic rings. The molecule has 3 heteroatoms. The van der Waals surface area contributed by atoms with Crippen LogP contribution in [0.25, 0.3) is 0 Å². The van der Waals surface area contributed by atoms with Crippen LogP contribution in [0.2, 0.25) is 0 Å². The van der Waals surface area contributed by atoms with E-state index < -0.39 is 0 Å². The van der Waals surface area contributed by atoms with Crippen molar-refractivity contribution in [2.24, 2.45) is 0 Å². The Labute approximate surface area is 105 Å². The number of pyridine rings is 1. The number of rotatable bonds is 8. The molecule has 0 radical (unpaired) electrons. The van der Waals surface area contributed by atoms with Gasteiger partial charge in [0.15, 0.2) is 0 Å². The number of hydrogen-bond donors (Lipinski definition) is 1. The summed E-state index contributed by atoms with van der Waals surface area (Å²) in [6.45, 7) is 7.70. The zero-order chi connectivity index (χ0) is 12.5. The molecule has 0 unspecified atom stereocenters. The minimum absolute atomic E-state index is 0.582. The molecule has 1 N–H and O–H groups in total. The molecule has 17 heavy (non-hydrogen) atoms. The van der Waals surface area contributed by atoms with Crippen LogP contribution in [-0.4, -0.2) is 42.6 Å². The molecule has 3 nitrogen and oxygen atoms in total. The highest BCUT2D eigenvalue weighted by atomic mass is 15.1. The maximum Gasteiger partial charge on any atom is 0.0299 e. The van der Waals surface area contributed by atoms with Crippen molar-refractivity contribution in [3.8, 4) is 0 Å². The van der Waals surface area contributed by atoms with Gasteiger partial charge in [-0.1, -0.05) is 19.9 Å². The Bertz CT molecular complexity index is 285. The van der Waals surface area contributed by atoms with Gasteiger partial charge in [0.05, 0.1) is 0 Å². The summed E-state index contributed by atoms with van der Waals surface area (Å²) < 4.78 is 0. The van der Waals surface area contributed by atoms with Crippen LogP contribution in [0.1, 0.15) is 25.8 Å². The third kappa shape index (κ3) is 7.08. The Morgan fingerprint density at radius 1 is 1.35 bits per heavy atom. The molecule has 0 saturated carbocycles. The molecule has 0 fully saturated rings. The highest BCUT2D eigenvalue weighted by Gasteiger charge is 1.99. The number of nitrogens with one attached hydrogen (secondary N) is 1. The van der Waals surface area contributed by atoms with Crippen LogP contribution in [0.15, 0.2) is 24.5 Å². The molecule has 1 heterocycles. The van der Waals surface area contributed by atoms with Gasteiger partial charge in [-0.2, -0.15) is 0 Å². The number of nitrogens with zero attached hydrogens (tertiary/aromatic N) is 2. The first kappa shape index (κ1) is 14.1. The number of aryl methyl sites for hydroxylation is 1. The van der Waals surface area contributed by atoms with Gasteiger partial charge >= 0.3 is 0 Å². The lowest BCUT2D eigenvalue weighted by atomic mass is 10.1. The van der Waals surface area contributed by atoms with Crippen molar-refractivity contribution in [3.05, 3.63) is 30.1 Å². The average molecular weight is 235 g/mol. The highest BCUT2D eigenvalue weighted by Crippen LogP contribution is 2.00. The maximum absolute atomic E-state index is 4.13. The summed E-state index contributed by atoms with van der Waals surface area (Å²) in [7, 11) is 2.19. The SMILES string of the molecule is CC(C)NCCN(C)CCCc1cccnc1. The van der Waals surface area contributed by atoms with Gasteiger partial charge in [-0.3, -0.25) is 4.98 Å². The molecule has 96 valence electrons. The van der Waals surface area contributed by atoms with Crippen LogP contribution in [0, 0.1) is 0 Å². The lowest BCUT2D eigenvalue weighted by molar-refractivity contribution is 0.323. The van der Waals surface area contributed by atoms with Gasteiger partial charge in [-0.15, -0.1) is 0 Å². The minimum atomic E-state index is 0.582. The summed E-state index contributed by atoms with van der Waals surface area (Å²) in [6, 6.07) is 4.73. The van der Waals surface area contributed by atoms with Crippen molar-refractivity contribution in [2.75, 3.05) is 26.7 Å². The molecule has 1 aromatic heterocycles. The van der Waals surface area contributed by atoms with Crippen LogP contribution >= 0.6 is 0 Å². The summed E-state index contributed by atoms with van der Waals surface area (Å²) >= 11 is 0. The van der Waals surface area contributed by atoms with E-state index in [0.29, 0.717) is 6.04 Å². The number of aromatic nitrogens is 1. The van der Waals surface area contributed by atoms with Crippen molar-refractivity contribution >= 4 is 0 Å². The molecule has 0 amide bonds. The maximum atomic E-state index is 4.13. The van der Waals surface area contributed by atoms with Crippen LogP contribution in [0.4, 0.5) is 0 Å². The Balaban J connectivity index is 2.06. The van der Waals surface area contributed by atoms with Gasteiger partial charge in [-0.25, -0.2) is 0 Å². The van der Waals surface area contributed by atoms with E-state index >= 15 is 0 Å². The van der Waals surface area contributed by atoms with E-state index in [1.807, 2.05) is 18.5 Å². The minimum Gasteiger partial charge on any atom is -0.313 e. The number of likely N-dealkylation sites (N-methyl/N-ethyl adjacent to an activating group) is 1. The first-order valence-electron chi connectivity index (χ1n) is 6.49. The van der Waals surface area contributed by atoms with Gasteiger partial charge < -0.3 is 10.2 Å². The summed E-state index contributed by atoms with van der Waals surface area (Å²) in [5.74, 6) is 0. The normalized spacial score (nSPS) is 11.4. The monoisotopic (exact) mass is 235 g/mol. The molecule has 0 aliphatic carbocycles. The van der Waals surface area contributed by atoms with E-state index in [4.69, 9.17) is 0 Å². The summed E-state index contributed by atoms with van der Waals surface area (Å²) in [4.78, 5) is 6.51.